The predicted molar refractivity (Wildman–Crippen MR) is 80.8 cm³/mol. The molecule has 0 bridgehead atoms. The molecule has 1 heterocycles. The van der Waals surface area contributed by atoms with E-state index >= 15 is 0 Å². The summed E-state index contributed by atoms with van der Waals surface area (Å²) in [6, 6.07) is 6.69. The summed E-state index contributed by atoms with van der Waals surface area (Å²) in [6.07, 6.45) is 3.14. The number of rotatable bonds is 2. The van der Waals surface area contributed by atoms with Crippen LogP contribution in [0.3, 0.4) is 0 Å². The molecule has 21 heavy (non-hydrogen) atoms. The Labute approximate surface area is 123 Å². The van der Waals surface area contributed by atoms with Gasteiger partial charge in [0.25, 0.3) is 5.69 Å². The van der Waals surface area contributed by atoms with E-state index in [-0.39, 0.29) is 16.0 Å². The third kappa shape index (κ3) is 2.44. The summed E-state index contributed by atoms with van der Waals surface area (Å²) in [5.41, 5.74) is 4.66. The average molecular weight is 285 g/mol. The summed E-state index contributed by atoms with van der Waals surface area (Å²) < 4.78 is 1.89. The highest BCUT2D eigenvalue weighted by Gasteiger charge is 2.30. The highest BCUT2D eigenvalue weighted by Crippen LogP contribution is 2.37. The van der Waals surface area contributed by atoms with Gasteiger partial charge in [0.15, 0.2) is 0 Å². The molecule has 0 unspecified atom stereocenters. The third-order valence-corrected chi connectivity index (χ3v) is 4.27. The van der Waals surface area contributed by atoms with Crippen LogP contribution in [0.1, 0.15) is 37.2 Å². The first kappa shape index (κ1) is 13.8. The van der Waals surface area contributed by atoms with Crippen LogP contribution in [-0.2, 0) is 12.8 Å². The summed E-state index contributed by atoms with van der Waals surface area (Å²) in [5.74, 6) is 0. The summed E-state index contributed by atoms with van der Waals surface area (Å²) in [6.45, 7) is 6.54. The molecule has 3 rings (SSSR count). The molecule has 0 atom stereocenters. The SMILES string of the molecule is Cc1nn(-c2cccc([N+](=O)[O-])c2)c2c1CCC(C)(C)C2. The second-order valence-electron chi connectivity index (χ2n) is 6.54. The quantitative estimate of drug-likeness (QED) is 0.625. The maximum Gasteiger partial charge on any atom is 0.271 e. The van der Waals surface area contributed by atoms with Crippen molar-refractivity contribution in [2.24, 2.45) is 5.41 Å². The molecule has 1 aliphatic carbocycles. The van der Waals surface area contributed by atoms with Crippen molar-refractivity contribution in [1.82, 2.24) is 9.78 Å². The molecule has 0 saturated heterocycles. The highest BCUT2D eigenvalue weighted by atomic mass is 16.6. The van der Waals surface area contributed by atoms with Crippen LogP contribution in [0.25, 0.3) is 5.69 Å². The van der Waals surface area contributed by atoms with E-state index in [1.165, 1.54) is 17.3 Å². The number of benzene rings is 1. The minimum atomic E-state index is -0.365. The van der Waals surface area contributed by atoms with Crippen molar-refractivity contribution in [2.45, 2.75) is 40.0 Å². The van der Waals surface area contributed by atoms with Gasteiger partial charge in [0.2, 0.25) is 0 Å². The van der Waals surface area contributed by atoms with Gasteiger partial charge in [0.05, 0.1) is 16.3 Å². The van der Waals surface area contributed by atoms with Gasteiger partial charge in [-0.1, -0.05) is 19.9 Å². The Morgan fingerprint density at radius 3 is 2.86 bits per heavy atom. The first-order valence-electron chi connectivity index (χ1n) is 7.20. The van der Waals surface area contributed by atoms with Crippen LogP contribution in [0.5, 0.6) is 0 Å². The third-order valence-electron chi connectivity index (χ3n) is 4.27. The minimum Gasteiger partial charge on any atom is -0.258 e. The standard InChI is InChI=1S/C16H19N3O2/c1-11-14-7-8-16(2,3)10-15(14)18(17-11)12-5-4-6-13(9-12)19(20)21/h4-6,9H,7-8,10H2,1-3H3. The molecule has 0 spiro atoms. The maximum absolute atomic E-state index is 11.0. The molecule has 2 aromatic rings. The van der Waals surface area contributed by atoms with E-state index in [0.717, 1.165) is 30.6 Å². The first-order valence-corrected chi connectivity index (χ1v) is 7.20. The molecular formula is C16H19N3O2. The molecule has 1 aromatic heterocycles. The van der Waals surface area contributed by atoms with Crippen molar-refractivity contribution < 1.29 is 4.92 Å². The molecule has 0 saturated carbocycles. The average Bonchev–Trinajstić information content (AvgIpc) is 2.74. The van der Waals surface area contributed by atoms with Crippen molar-refractivity contribution in [1.29, 1.82) is 0 Å². The molecule has 0 fully saturated rings. The first-order chi connectivity index (χ1) is 9.87. The van der Waals surface area contributed by atoms with Gasteiger partial charge in [0.1, 0.15) is 0 Å². The van der Waals surface area contributed by atoms with Crippen molar-refractivity contribution in [3.8, 4) is 5.69 Å². The van der Waals surface area contributed by atoms with Gasteiger partial charge in [-0.15, -0.1) is 0 Å². The Kier molecular flexibility index (Phi) is 3.08. The zero-order chi connectivity index (χ0) is 15.2. The fourth-order valence-corrected chi connectivity index (χ4v) is 3.07. The zero-order valence-electron chi connectivity index (χ0n) is 12.6. The fourth-order valence-electron chi connectivity index (χ4n) is 3.07. The van der Waals surface area contributed by atoms with Gasteiger partial charge in [-0.3, -0.25) is 10.1 Å². The molecular weight excluding hydrogens is 266 g/mol. The van der Waals surface area contributed by atoms with Crippen molar-refractivity contribution >= 4 is 5.69 Å². The number of aromatic nitrogens is 2. The van der Waals surface area contributed by atoms with Gasteiger partial charge in [-0.25, -0.2) is 4.68 Å². The lowest BCUT2D eigenvalue weighted by atomic mass is 9.76. The molecule has 110 valence electrons. The molecule has 0 aliphatic heterocycles. The number of hydrogen-bond acceptors (Lipinski definition) is 3. The van der Waals surface area contributed by atoms with Crippen LogP contribution in [0.4, 0.5) is 5.69 Å². The lowest BCUT2D eigenvalue weighted by Crippen LogP contribution is -2.23. The molecule has 0 amide bonds. The molecule has 5 heteroatoms. The van der Waals surface area contributed by atoms with Crippen LogP contribution in [0.2, 0.25) is 0 Å². The van der Waals surface area contributed by atoms with Crippen LogP contribution in [0.15, 0.2) is 24.3 Å². The number of aryl methyl sites for hydroxylation is 1. The van der Waals surface area contributed by atoms with E-state index in [1.54, 1.807) is 12.1 Å². The monoisotopic (exact) mass is 285 g/mol. The Morgan fingerprint density at radius 1 is 1.38 bits per heavy atom. The van der Waals surface area contributed by atoms with E-state index in [9.17, 15) is 10.1 Å². The van der Waals surface area contributed by atoms with Gasteiger partial charge in [-0.05, 0) is 43.2 Å². The minimum absolute atomic E-state index is 0.101. The Balaban J connectivity index is 2.12. The van der Waals surface area contributed by atoms with Crippen LogP contribution < -0.4 is 0 Å². The fraction of sp³-hybridized carbons (Fsp3) is 0.438. The number of hydrogen-bond donors (Lipinski definition) is 0. The molecule has 1 aromatic carbocycles. The lowest BCUT2D eigenvalue weighted by Gasteiger charge is -2.30. The second-order valence-corrected chi connectivity index (χ2v) is 6.54. The maximum atomic E-state index is 11.0. The van der Waals surface area contributed by atoms with Crippen LogP contribution in [-0.4, -0.2) is 14.7 Å². The van der Waals surface area contributed by atoms with E-state index < -0.39 is 0 Å². The van der Waals surface area contributed by atoms with Gasteiger partial charge in [0, 0.05) is 17.8 Å². The smallest absolute Gasteiger partial charge is 0.258 e. The summed E-state index contributed by atoms with van der Waals surface area (Å²) in [7, 11) is 0. The molecule has 5 nitrogen and oxygen atoms in total. The number of non-ortho nitro benzene ring substituents is 1. The van der Waals surface area contributed by atoms with E-state index in [0.29, 0.717) is 0 Å². The second kappa shape index (κ2) is 4.69. The topological polar surface area (TPSA) is 61.0 Å². The Morgan fingerprint density at radius 2 is 2.14 bits per heavy atom. The zero-order valence-corrected chi connectivity index (χ0v) is 12.6. The Bertz CT molecular complexity index is 716. The van der Waals surface area contributed by atoms with Crippen LogP contribution >= 0.6 is 0 Å². The predicted octanol–water partition coefficient (Wildman–Crippen LogP) is 3.60. The van der Waals surface area contributed by atoms with Gasteiger partial charge < -0.3 is 0 Å². The number of fused-ring (bicyclic) bond motifs is 1. The summed E-state index contributed by atoms with van der Waals surface area (Å²) >= 11 is 0. The summed E-state index contributed by atoms with van der Waals surface area (Å²) in [5, 5.41) is 15.6. The highest BCUT2D eigenvalue weighted by molar-refractivity contribution is 5.45. The lowest BCUT2D eigenvalue weighted by molar-refractivity contribution is -0.384. The van der Waals surface area contributed by atoms with Crippen LogP contribution in [0, 0.1) is 22.5 Å². The van der Waals surface area contributed by atoms with E-state index in [2.05, 4.69) is 18.9 Å². The molecule has 1 aliphatic rings. The number of nitro groups is 1. The molecule has 0 N–H and O–H groups in total. The van der Waals surface area contributed by atoms with E-state index in [1.807, 2.05) is 17.7 Å². The van der Waals surface area contributed by atoms with Gasteiger partial charge >= 0.3 is 0 Å². The molecule has 0 radical (unpaired) electrons. The van der Waals surface area contributed by atoms with E-state index in [4.69, 9.17) is 0 Å². The van der Waals surface area contributed by atoms with Crippen molar-refractivity contribution in [3.63, 3.8) is 0 Å². The number of nitrogens with zero attached hydrogens (tertiary/aromatic N) is 3. The summed E-state index contributed by atoms with van der Waals surface area (Å²) in [4.78, 5) is 10.6. The van der Waals surface area contributed by atoms with Gasteiger partial charge in [-0.2, -0.15) is 5.10 Å². The largest absolute Gasteiger partial charge is 0.271 e. The number of nitro benzene ring substituents is 1. The Hall–Kier alpha value is -2.17. The van der Waals surface area contributed by atoms with Crippen molar-refractivity contribution in [2.75, 3.05) is 0 Å². The van der Waals surface area contributed by atoms with Crippen molar-refractivity contribution in [3.05, 3.63) is 51.3 Å². The normalized spacial score (nSPS) is 16.5.